The van der Waals surface area contributed by atoms with Crippen LogP contribution in [-0.4, -0.2) is 46.2 Å². The van der Waals surface area contributed by atoms with Gasteiger partial charge in [-0.25, -0.2) is 4.79 Å². The third kappa shape index (κ3) is 4.12. The molecule has 0 spiro atoms. The highest BCUT2D eigenvalue weighted by molar-refractivity contribution is 5.70. The van der Waals surface area contributed by atoms with Gasteiger partial charge in [0.05, 0.1) is 18.8 Å². The highest BCUT2D eigenvalue weighted by atomic mass is 16.6. The van der Waals surface area contributed by atoms with Crippen molar-refractivity contribution in [2.45, 2.75) is 97.1 Å². The molecular formula is C19H33NO4. The van der Waals surface area contributed by atoms with Crippen molar-refractivity contribution in [3.63, 3.8) is 0 Å². The highest BCUT2D eigenvalue weighted by Crippen LogP contribution is 2.36. The van der Waals surface area contributed by atoms with E-state index in [9.17, 15) is 9.90 Å². The second kappa shape index (κ2) is 7.04. The Balaban J connectivity index is 2.27. The van der Waals surface area contributed by atoms with Crippen molar-refractivity contribution in [1.82, 2.24) is 4.90 Å². The first-order valence-corrected chi connectivity index (χ1v) is 9.12. The topological polar surface area (TPSA) is 59.0 Å². The molecule has 1 saturated heterocycles. The van der Waals surface area contributed by atoms with E-state index in [0.717, 1.165) is 31.3 Å². The Kier molecular flexibility index (Phi) is 5.65. The summed E-state index contributed by atoms with van der Waals surface area (Å²) in [5.74, 6) is 0. The van der Waals surface area contributed by atoms with Gasteiger partial charge in [-0.1, -0.05) is 12.5 Å². The SMILES string of the molecule is CCC1=C(C(O)C2COC(C)(C)N2C(=O)OC(C)(C)C)CCCC1. The second-order valence-corrected chi connectivity index (χ2v) is 8.31. The van der Waals surface area contributed by atoms with Crippen LogP contribution in [0.15, 0.2) is 11.1 Å². The van der Waals surface area contributed by atoms with Crippen molar-refractivity contribution in [1.29, 1.82) is 0 Å². The molecule has 1 amide bonds. The molecule has 0 radical (unpaired) electrons. The maximum absolute atomic E-state index is 12.7. The summed E-state index contributed by atoms with van der Waals surface area (Å²) in [7, 11) is 0. The first-order chi connectivity index (χ1) is 11.1. The summed E-state index contributed by atoms with van der Waals surface area (Å²) >= 11 is 0. The van der Waals surface area contributed by atoms with Crippen LogP contribution in [0.3, 0.4) is 0 Å². The minimum Gasteiger partial charge on any atom is -0.444 e. The number of aliphatic hydroxyl groups excluding tert-OH is 1. The van der Waals surface area contributed by atoms with Gasteiger partial charge in [0, 0.05) is 0 Å². The molecule has 5 nitrogen and oxygen atoms in total. The van der Waals surface area contributed by atoms with E-state index in [4.69, 9.17) is 9.47 Å². The fourth-order valence-corrected chi connectivity index (χ4v) is 3.72. The molecule has 24 heavy (non-hydrogen) atoms. The van der Waals surface area contributed by atoms with Gasteiger partial charge < -0.3 is 14.6 Å². The van der Waals surface area contributed by atoms with Crippen LogP contribution in [0.2, 0.25) is 0 Å². The van der Waals surface area contributed by atoms with Gasteiger partial charge in [0.15, 0.2) is 0 Å². The molecule has 1 fully saturated rings. The number of hydrogen-bond donors (Lipinski definition) is 1. The largest absolute Gasteiger partial charge is 0.444 e. The Morgan fingerprint density at radius 3 is 2.58 bits per heavy atom. The summed E-state index contributed by atoms with van der Waals surface area (Å²) in [6, 6.07) is -0.399. The third-order valence-corrected chi connectivity index (χ3v) is 4.89. The smallest absolute Gasteiger partial charge is 0.413 e. The Morgan fingerprint density at radius 1 is 1.38 bits per heavy atom. The fourth-order valence-electron chi connectivity index (χ4n) is 3.72. The van der Waals surface area contributed by atoms with Gasteiger partial charge in [0.1, 0.15) is 11.3 Å². The predicted octanol–water partition coefficient (Wildman–Crippen LogP) is 4.00. The molecule has 0 bridgehead atoms. The third-order valence-electron chi connectivity index (χ3n) is 4.89. The number of carbonyl (C=O) groups is 1. The number of hydrogen-bond acceptors (Lipinski definition) is 4. The summed E-state index contributed by atoms with van der Waals surface area (Å²) in [5.41, 5.74) is 1.07. The van der Waals surface area contributed by atoms with E-state index in [1.807, 2.05) is 34.6 Å². The standard InChI is InChI=1S/C19H33NO4/c1-7-13-10-8-9-11-14(13)16(21)15-12-23-19(5,6)20(15)17(22)24-18(2,3)4/h15-16,21H,7-12H2,1-6H3. The zero-order valence-electron chi connectivity index (χ0n) is 16.0. The van der Waals surface area contributed by atoms with Gasteiger partial charge in [-0.2, -0.15) is 0 Å². The van der Waals surface area contributed by atoms with Crippen molar-refractivity contribution in [3.8, 4) is 0 Å². The fraction of sp³-hybridized carbons (Fsp3) is 0.842. The summed E-state index contributed by atoms with van der Waals surface area (Å²) in [5, 5.41) is 11.0. The normalized spacial score (nSPS) is 25.8. The van der Waals surface area contributed by atoms with Crippen LogP contribution in [0, 0.1) is 0 Å². The lowest BCUT2D eigenvalue weighted by Gasteiger charge is -2.37. The number of amides is 1. The first-order valence-electron chi connectivity index (χ1n) is 9.12. The molecule has 0 saturated carbocycles. The Labute approximate surface area is 146 Å². The van der Waals surface area contributed by atoms with Gasteiger partial charge >= 0.3 is 6.09 Å². The Hall–Kier alpha value is -1.07. The molecular weight excluding hydrogens is 306 g/mol. The lowest BCUT2D eigenvalue weighted by Crippen LogP contribution is -2.53. The molecule has 0 aromatic heterocycles. The molecule has 0 aromatic carbocycles. The summed E-state index contributed by atoms with van der Waals surface area (Å²) in [6.45, 7) is 11.7. The zero-order chi connectivity index (χ0) is 18.1. The maximum atomic E-state index is 12.7. The Morgan fingerprint density at radius 2 is 2.00 bits per heavy atom. The lowest BCUT2D eigenvalue weighted by atomic mass is 9.85. The van der Waals surface area contributed by atoms with Crippen molar-refractivity contribution in [3.05, 3.63) is 11.1 Å². The van der Waals surface area contributed by atoms with E-state index in [1.54, 1.807) is 4.90 Å². The van der Waals surface area contributed by atoms with E-state index >= 15 is 0 Å². The molecule has 1 heterocycles. The first kappa shape index (κ1) is 19.3. The molecule has 2 unspecified atom stereocenters. The molecule has 2 atom stereocenters. The molecule has 1 N–H and O–H groups in total. The van der Waals surface area contributed by atoms with Crippen LogP contribution in [0.4, 0.5) is 4.79 Å². The van der Waals surface area contributed by atoms with Crippen LogP contribution < -0.4 is 0 Å². The monoisotopic (exact) mass is 339 g/mol. The minimum atomic E-state index is -0.782. The van der Waals surface area contributed by atoms with Gasteiger partial charge in [0.25, 0.3) is 0 Å². The number of aliphatic hydroxyl groups is 1. The quantitative estimate of drug-likeness (QED) is 0.790. The Bertz CT molecular complexity index is 504. The second-order valence-electron chi connectivity index (χ2n) is 8.31. The highest BCUT2D eigenvalue weighted by Gasteiger charge is 2.49. The molecule has 1 aliphatic carbocycles. The molecule has 2 aliphatic rings. The van der Waals surface area contributed by atoms with Crippen molar-refractivity contribution in [2.75, 3.05) is 6.61 Å². The number of rotatable bonds is 3. The number of ether oxygens (including phenoxy) is 2. The number of carbonyl (C=O) groups excluding carboxylic acids is 1. The van der Waals surface area contributed by atoms with Gasteiger partial charge in [-0.3, -0.25) is 4.90 Å². The lowest BCUT2D eigenvalue weighted by molar-refractivity contribution is -0.0665. The average molecular weight is 339 g/mol. The van der Waals surface area contributed by atoms with Crippen LogP contribution in [0.25, 0.3) is 0 Å². The molecule has 5 heteroatoms. The van der Waals surface area contributed by atoms with E-state index in [1.165, 1.54) is 12.0 Å². The van der Waals surface area contributed by atoms with E-state index in [-0.39, 0.29) is 0 Å². The minimum absolute atomic E-state index is 0.327. The van der Waals surface area contributed by atoms with Crippen molar-refractivity contribution in [2.24, 2.45) is 0 Å². The average Bonchev–Trinajstić information content (AvgIpc) is 2.80. The molecule has 2 rings (SSSR count). The van der Waals surface area contributed by atoms with Crippen molar-refractivity contribution < 1.29 is 19.4 Å². The van der Waals surface area contributed by atoms with E-state index < -0.39 is 29.6 Å². The maximum Gasteiger partial charge on any atom is 0.413 e. The number of nitrogens with zero attached hydrogens (tertiary/aromatic N) is 1. The van der Waals surface area contributed by atoms with Gasteiger partial charge in [-0.05, 0) is 72.3 Å². The van der Waals surface area contributed by atoms with Crippen molar-refractivity contribution >= 4 is 6.09 Å². The molecule has 0 aromatic rings. The van der Waals surface area contributed by atoms with E-state index in [0.29, 0.717) is 6.61 Å². The summed E-state index contributed by atoms with van der Waals surface area (Å²) < 4.78 is 11.4. The van der Waals surface area contributed by atoms with E-state index in [2.05, 4.69) is 6.92 Å². The van der Waals surface area contributed by atoms with Crippen LogP contribution >= 0.6 is 0 Å². The summed E-state index contributed by atoms with van der Waals surface area (Å²) in [4.78, 5) is 14.3. The van der Waals surface area contributed by atoms with Gasteiger partial charge in [-0.15, -0.1) is 0 Å². The van der Waals surface area contributed by atoms with Crippen LogP contribution in [0.1, 0.15) is 73.6 Å². The van der Waals surface area contributed by atoms with Gasteiger partial charge in [0.2, 0.25) is 0 Å². The van der Waals surface area contributed by atoms with Crippen LogP contribution in [-0.2, 0) is 9.47 Å². The molecule has 138 valence electrons. The van der Waals surface area contributed by atoms with Crippen LogP contribution in [0.5, 0.6) is 0 Å². The zero-order valence-corrected chi connectivity index (χ0v) is 16.0. The summed E-state index contributed by atoms with van der Waals surface area (Å²) in [6.07, 6.45) is 4.07. The predicted molar refractivity (Wildman–Crippen MR) is 93.7 cm³/mol. The number of allylic oxidation sites excluding steroid dienone is 1. The molecule has 1 aliphatic heterocycles.